The molecular formula is C19H17N3O3. The molecule has 3 rings (SSSR count). The molecule has 1 amide bonds. The summed E-state index contributed by atoms with van der Waals surface area (Å²) >= 11 is 0. The van der Waals surface area contributed by atoms with Gasteiger partial charge in [0.1, 0.15) is 12.9 Å². The topological polar surface area (TPSA) is 73.2 Å². The van der Waals surface area contributed by atoms with Crippen LogP contribution in [-0.2, 0) is 17.9 Å². The predicted molar refractivity (Wildman–Crippen MR) is 91.9 cm³/mol. The fourth-order valence-electron chi connectivity index (χ4n) is 2.21. The van der Waals surface area contributed by atoms with Gasteiger partial charge >= 0.3 is 12.0 Å². The number of aromatic nitrogens is 2. The Morgan fingerprint density at radius 1 is 1.00 bits per heavy atom. The highest BCUT2D eigenvalue weighted by atomic mass is 16.5. The molecule has 3 aromatic rings. The summed E-state index contributed by atoms with van der Waals surface area (Å²) in [4.78, 5) is 27.7. The van der Waals surface area contributed by atoms with E-state index in [1.54, 1.807) is 30.5 Å². The molecule has 0 aliphatic carbocycles. The van der Waals surface area contributed by atoms with E-state index in [0.29, 0.717) is 12.1 Å². The molecule has 0 spiro atoms. The van der Waals surface area contributed by atoms with Crippen LogP contribution in [0.4, 0.5) is 4.79 Å². The van der Waals surface area contributed by atoms with Crippen LogP contribution in [0.1, 0.15) is 21.5 Å². The third-order valence-electron chi connectivity index (χ3n) is 3.59. The lowest BCUT2D eigenvalue weighted by Gasteiger charge is -2.07. The predicted octanol–water partition coefficient (Wildman–Crippen LogP) is 3.00. The SMILES string of the molecule is O=C(OCc1ccccc1)c1ccc(CNC(=O)n2ccnc2)cc1. The average molecular weight is 335 g/mol. The number of amides is 1. The molecule has 0 aliphatic rings. The molecule has 0 saturated carbocycles. The van der Waals surface area contributed by atoms with Gasteiger partial charge in [0.05, 0.1) is 5.56 Å². The second-order valence-electron chi connectivity index (χ2n) is 5.39. The molecule has 1 N–H and O–H groups in total. The van der Waals surface area contributed by atoms with Gasteiger partial charge in [0.25, 0.3) is 0 Å². The number of ether oxygens (including phenoxy) is 1. The maximum Gasteiger partial charge on any atom is 0.338 e. The van der Waals surface area contributed by atoms with E-state index in [0.717, 1.165) is 11.1 Å². The van der Waals surface area contributed by atoms with Crippen molar-refractivity contribution in [3.05, 3.63) is 90.0 Å². The van der Waals surface area contributed by atoms with Crippen LogP contribution in [0.3, 0.4) is 0 Å². The first-order valence-corrected chi connectivity index (χ1v) is 7.78. The first-order chi connectivity index (χ1) is 12.2. The van der Waals surface area contributed by atoms with Crippen molar-refractivity contribution in [2.75, 3.05) is 0 Å². The summed E-state index contributed by atoms with van der Waals surface area (Å²) in [7, 11) is 0. The highest BCUT2D eigenvalue weighted by molar-refractivity contribution is 5.89. The summed E-state index contributed by atoms with van der Waals surface area (Å²) in [6.45, 7) is 0.596. The first-order valence-electron chi connectivity index (χ1n) is 7.78. The van der Waals surface area contributed by atoms with Crippen molar-refractivity contribution in [3.63, 3.8) is 0 Å². The Balaban J connectivity index is 1.51. The molecule has 25 heavy (non-hydrogen) atoms. The summed E-state index contributed by atoms with van der Waals surface area (Å²) in [6, 6.07) is 16.2. The van der Waals surface area contributed by atoms with E-state index in [4.69, 9.17) is 4.74 Å². The fraction of sp³-hybridized carbons (Fsp3) is 0.105. The van der Waals surface area contributed by atoms with Gasteiger partial charge in [0, 0.05) is 18.9 Å². The molecule has 126 valence electrons. The van der Waals surface area contributed by atoms with Gasteiger partial charge < -0.3 is 10.1 Å². The number of carbonyl (C=O) groups is 2. The monoisotopic (exact) mass is 335 g/mol. The number of esters is 1. The van der Waals surface area contributed by atoms with Gasteiger partial charge in [-0.1, -0.05) is 42.5 Å². The van der Waals surface area contributed by atoms with Gasteiger partial charge in [-0.15, -0.1) is 0 Å². The van der Waals surface area contributed by atoms with Crippen molar-refractivity contribution in [1.29, 1.82) is 0 Å². The number of nitrogens with zero attached hydrogens (tertiary/aromatic N) is 2. The largest absolute Gasteiger partial charge is 0.457 e. The Bertz CT molecular complexity index is 828. The average Bonchev–Trinajstić information content (AvgIpc) is 3.20. The fourth-order valence-corrected chi connectivity index (χ4v) is 2.21. The lowest BCUT2D eigenvalue weighted by atomic mass is 10.1. The molecule has 2 aromatic carbocycles. The molecule has 0 radical (unpaired) electrons. The van der Waals surface area contributed by atoms with Gasteiger partial charge in [0.2, 0.25) is 0 Å². The van der Waals surface area contributed by atoms with Crippen LogP contribution in [0.5, 0.6) is 0 Å². The number of hydrogen-bond donors (Lipinski definition) is 1. The molecule has 0 saturated heterocycles. The van der Waals surface area contributed by atoms with E-state index in [1.165, 1.54) is 17.1 Å². The molecule has 0 bridgehead atoms. The molecule has 0 fully saturated rings. The number of benzene rings is 2. The second-order valence-corrected chi connectivity index (χ2v) is 5.39. The molecule has 1 aromatic heterocycles. The summed E-state index contributed by atoms with van der Waals surface area (Å²) in [5.74, 6) is -0.377. The van der Waals surface area contributed by atoms with E-state index in [9.17, 15) is 9.59 Å². The normalized spacial score (nSPS) is 10.2. The van der Waals surface area contributed by atoms with Crippen molar-refractivity contribution in [2.45, 2.75) is 13.2 Å². The number of carbonyl (C=O) groups excluding carboxylic acids is 2. The quantitative estimate of drug-likeness (QED) is 0.728. The molecular weight excluding hydrogens is 318 g/mol. The van der Waals surface area contributed by atoms with Crippen molar-refractivity contribution < 1.29 is 14.3 Å². The maximum atomic E-state index is 12.0. The lowest BCUT2D eigenvalue weighted by Crippen LogP contribution is -2.27. The van der Waals surface area contributed by atoms with Crippen LogP contribution in [0.15, 0.2) is 73.3 Å². The van der Waals surface area contributed by atoms with Crippen molar-refractivity contribution in [1.82, 2.24) is 14.9 Å². The standard InChI is InChI=1S/C19H17N3O3/c23-18(25-13-16-4-2-1-3-5-16)17-8-6-15(7-9-17)12-21-19(24)22-11-10-20-14-22/h1-11,14H,12-13H2,(H,21,24). The highest BCUT2D eigenvalue weighted by Gasteiger charge is 2.08. The van der Waals surface area contributed by atoms with Gasteiger partial charge in [-0.3, -0.25) is 4.57 Å². The molecule has 0 unspecified atom stereocenters. The van der Waals surface area contributed by atoms with E-state index in [-0.39, 0.29) is 18.6 Å². The van der Waals surface area contributed by atoms with Gasteiger partial charge in [-0.05, 0) is 23.3 Å². The number of nitrogens with one attached hydrogen (secondary N) is 1. The zero-order valence-electron chi connectivity index (χ0n) is 13.5. The Morgan fingerprint density at radius 2 is 1.76 bits per heavy atom. The van der Waals surface area contributed by atoms with E-state index >= 15 is 0 Å². The van der Waals surface area contributed by atoms with Crippen molar-refractivity contribution in [3.8, 4) is 0 Å². The highest BCUT2D eigenvalue weighted by Crippen LogP contribution is 2.08. The van der Waals surface area contributed by atoms with E-state index < -0.39 is 0 Å². The first kappa shape index (κ1) is 16.4. The van der Waals surface area contributed by atoms with Gasteiger partial charge in [0.15, 0.2) is 0 Å². The zero-order chi connectivity index (χ0) is 17.5. The molecule has 6 nitrogen and oxygen atoms in total. The molecule has 1 heterocycles. The minimum absolute atomic E-state index is 0.238. The second kappa shape index (κ2) is 7.92. The molecule has 0 aliphatic heterocycles. The Kier molecular flexibility index (Phi) is 5.21. The van der Waals surface area contributed by atoms with Gasteiger partial charge in [-0.25, -0.2) is 14.6 Å². The Hall–Kier alpha value is -3.41. The zero-order valence-corrected chi connectivity index (χ0v) is 13.5. The van der Waals surface area contributed by atoms with Crippen LogP contribution < -0.4 is 5.32 Å². The molecule has 6 heteroatoms. The van der Waals surface area contributed by atoms with Crippen LogP contribution in [-0.4, -0.2) is 21.6 Å². The number of imidazole rings is 1. The van der Waals surface area contributed by atoms with Gasteiger partial charge in [-0.2, -0.15) is 0 Å². The number of rotatable bonds is 5. The Morgan fingerprint density at radius 3 is 2.44 bits per heavy atom. The maximum absolute atomic E-state index is 12.0. The third-order valence-corrected chi connectivity index (χ3v) is 3.59. The van der Waals surface area contributed by atoms with Crippen LogP contribution in [0.25, 0.3) is 0 Å². The summed E-state index contributed by atoms with van der Waals surface area (Å²) < 4.78 is 6.64. The minimum Gasteiger partial charge on any atom is -0.457 e. The summed E-state index contributed by atoms with van der Waals surface area (Å²) in [5.41, 5.74) is 2.29. The third kappa shape index (κ3) is 4.54. The van der Waals surface area contributed by atoms with Crippen LogP contribution >= 0.6 is 0 Å². The minimum atomic E-state index is -0.377. The smallest absolute Gasteiger partial charge is 0.338 e. The van der Waals surface area contributed by atoms with E-state index in [2.05, 4.69) is 10.3 Å². The van der Waals surface area contributed by atoms with Crippen LogP contribution in [0, 0.1) is 0 Å². The lowest BCUT2D eigenvalue weighted by molar-refractivity contribution is 0.0472. The van der Waals surface area contributed by atoms with Crippen molar-refractivity contribution >= 4 is 12.0 Å². The summed E-state index contributed by atoms with van der Waals surface area (Å²) in [6.07, 6.45) is 4.54. The van der Waals surface area contributed by atoms with E-state index in [1.807, 2.05) is 30.3 Å². The van der Waals surface area contributed by atoms with Crippen molar-refractivity contribution in [2.24, 2.45) is 0 Å². The summed E-state index contributed by atoms with van der Waals surface area (Å²) in [5, 5.41) is 2.76. The van der Waals surface area contributed by atoms with Crippen LogP contribution in [0.2, 0.25) is 0 Å². The Labute approximate surface area is 145 Å². The molecule has 0 atom stereocenters. The number of hydrogen-bond acceptors (Lipinski definition) is 4.